The van der Waals surface area contributed by atoms with Gasteiger partial charge in [0.25, 0.3) is 0 Å². The van der Waals surface area contributed by atoms with Crippen molar-refractivity contribution in [1.82, 2.24) is 5.32 Å². The summed E-state index contributed by atoms with van der Waals surface area (Å²) in [5, 5.41) is 12.5. The number of carbonyl (C=O) groups is 1. The summed E-state index contributed by atoms with van der Waals surface area (Å²) < 4.78 is 11.0. The SMILES string of the molecule is CCCCOCCOC(C)CC(C)(NC(C)C)C(=O)O. The molecule has 2 unspecified atom stereocenters. The van der Waals surface area contributed by atoms with Gasteiger partial charge in [-0.3, -0.25) is 10.1 Å². The van der Waals surface area contributed by atoms with Crippen LogP contribution in [-0.4, -0.2) is 48.6 Å². The minimum absolute atomic E-state index is 0.112. The molecule has 0 bridgehead atoms. The van der Waals surface area contributed by atoms with Crippen molar-refractivity contribution in [3.05, 3.63) is 0 Å². The maximum Gasteiger partial charge on any atom is 0.323 e. The highest BCUT2D eigenvalue weighted by atomic mass is 16.5. The van der Waals surface area contributed by atoms with Gasteiger partial charge < -0.3 is 14.6 Å². The molecule has 5 heteroatoms. The summed E-state index contributed by atoms with van der Waals surface area (Å²) in [7, 11) is 0. The van der Waals surface area contributed by atoms with Gasteiger partial charge in [-0.2, -0.15) is 0 Å². The molecule has 20 heavy (non-hydrogen) atoms. The highest BCUT2D eigenvalue weighted by Gasteiger charge is 2.35. The largest absolute Gasteiger partial charge is 0.480 e. The molecule has 0 rings (SSSR count). The Balaban J connectivity index is 4.02. The standard InChI is InChI=1S/C15H31NO4/c1-6-7-8-19-9-10-20-13(4)11-15(5,14(17)18)16-12(2)3/h12-13,16H,6-11H2,1-5H3,(H,17,18). The van der Waals surface area contributed by atoms with Gasteiger partial charge in [0.1, 0.15) is 5.54 Å². The predicted octanol–water partition coefficient (Wildman–Crippen LogP) is 2.44. The minimum Gasteiger partial charge on any atom is -0.480 e. The lowest BCUT2D eigenvalue weighted by molar-refractivity contribution is -0.146. The van der Waals surface area contributed by atoms with Crippen LogP contribution in [-0.2, 0) is 14.3 Å². The molecule has 0 amide bonds. The van der Waals surface area contributed by atoms with E-state index in [0.717, 1.165) is 19.4 Å². The average molecular weight is 289 g/mol. The predicted molar refractivity (Wildman–Crippen MR) is 80.1 cm³/mol. The third kappa shape index (κ3) is 8.51. The van der Waals surface area contributed by atoms with Crippen molar-refractivity contribution >= 4 is 5.97 Å². The van der Waals surface area contributed by atoms with E-state index in [1.165, 1.54) is 0 Å². The summed E-state index contributed by atoms with van der Waals surface area (Å²) in [6, 6.07) is 0.112. The normalized spacial score (nSPS) is 16.1. The number of carboxylic acids is 1. The Morgan fingerprint density at radius 3 is 2.40 bits per heavy atom. The van der Waals surface area contributed by atoms with Gasteiger partial charge >= 0.3 is 5.97 Å². The number of hydrogen-bond donors (Lipinski definition) is 2. The van der Waals surface area contributed by atoms with Crippen LogP contribution in [0.25, 0.3) is 0 Å². The van der Waals surface area contributed by atoms with Crippen molar-refractivity contribution in [3.8, 4) is 0 Å². The van der Waals surface area contributed by atoms with Gasteiger partial charge in [0.2, 0.25) is 0 Å². The van der Waals surface area contributed by atoms with E-state index in [4.69, 9.17) is 9.47 Å². The first-order valence-electron chi connectivity index (χ1n) is 7.52. The fraction of sp³-hybridized carbons (Fsp3) is 0.933. The van der Waals surface area contributed by atoms with Gasteiger partial charge in [0.15, 0.2) is 0 Å². The van der Waals surface area contributed by atoms with Crippen molar-refractivity contribution in [2.24, 2.45) is 0 Å². The van der Waals surface area contributed by atoms with Gasteiger partial charge in [0.05, 0.1) is 19.3 Å². The van der Waals surface area contributed by atoms with Crippen molar-refractivity contribution < 1.29 is 19.4 Å². The van der Waals surface area contributed by atoms with E-state index in [0.29, 0.717) is 19.6 Å². The molecule has 0 heterocycles. The summed E-state index contributed by atoms with van der Waals surface area (Å²) in [5.74, 6) is -0.846. The molecular formula is C15H31NO4. The Bertz CT molecular complexity index is 271. The van der Waals surface area contributed by atoms with Crippen LogP contribution >= 0.6 is 0 Å². The van der Waals surface area contributed by atoms with Crippen LogP contribution in [0.15, 0.2) is 0 Å². The highest BCUT2D eigenvalue weighted by molar-refractivity contribution is 5.78. The first-order valence-corrected chi connectivity index (χ1v) is 7.52. The minimum atomic E-state index is -0.962. The quantitative estimate of drug-likeness (QED) is 0.540. The average Bonchev–Trinajstić information content (AvgIpc) is 2.32. The Kier molecular flexibility index (Phi) is 9.80. The van der Waals surface area contributed by atoms with E-state index in [1.807, 2.05) is 20.8 Å². The molecule has 0 spiro atoms. The number of ether oxygens (including phenoxy) is 2. The highest BCUT2D eigenvalue weighted by Crippen LogP contribution is 2.16. The molecule has 0 aromatic carbocycles. The third-order valence-electron chi connectivity index (χ3n) is 3.05. The van der Waals surface area contributed by atoms with Crippen LogP contribution in [0.4, 0.5) is 0 Å². The van der Waals surface area contributed by atoms with Crippen LogP contribution in [0.2, 0.25) is 0 Å². The molecule has 0 fully saturated rings. The molecular weight excluding hydrogens is 258 g/mol. The molecule has 0 aromatic heterocycles. The maximum absolute atomic E-state index is 11.4. The first-order chi connectivity index (χ1) is 9.31. The monoisotopic (exact) mass is 289 g/mol. The number of unbranched alkanes of at least 4 members (excludes halogenated alkanes) is 1. The summed E-state index contributed by atoms with van der Waals surface area (Å²) in [6.45, 7) is 11.4. The summed E-state index contributed by atoms with van der Waals surface area (Å²) in [6.07, 6.45) is 2.48. The van der Waals surface area contributed by atoms with E-state index in [9.17, 15) is 9.90 Å². The first kappa shape index (κ1) is 19.4. The molecule has 120 valence electrons. The van der Waals surface area contributed by atoms with Crippen LogP contribution in [0.1, 0.15) is 53.9 Å². The topological polar surface area (TPSA) is 67.8 Å². The Morgan fingerprint density at radius 1 is 1.25 bits per heavy atom. The zero-order valence-corrected chi connectivity index (χ0v) is 13.6. The fourth-order valence-electron chi connectivity index (χ4n) is 2.14. The number of hydrogen-bond acceptors (Lipinski definition) is 4. The van der Waals surface area contributed by atoms with Crippen molar-refractivity contribution in [2.75, 3.05) is 19.8 Å². The second-order valence-corrected chi connectivity index (χ2v) is 5.79. The lowest BCUT2D eigenvalue weighted by Gasteiger charge is -2.31. The van der Waals surface area contributed by atoms with Gasteiger partial charge in [0, 0.05) is 19.1 Å². The molecule has 2 atom stereocenters. The van der Waals surface area contributed by atoms with E-state index in [2.05, 4.69) is 12.2 Å². The fourth-order valence-corrected chi connectivity index (χ4v) is 2.14. The van der Waals surface area contributed by atoms with E-state index >= 15 is 0 Å². The van der Waals surface area contributed by atoms with Crippen molar-refractivity contribution in [1.29, 1.82) is 0 Å². The molecule has 0 aliphatic heterocycles. The van der Waals surface area contributed by atoms with Gasteiger partial charge in [-0.15, -0.1) is 0 Å². The molecule has 0 aliphatic rings. The number of carboxylic acid groups (broad SMARTS) is 1. The molecule has 0 saturated heterocycles. The summed E-state index contributed by atoms with van der Waals surface area (Å²) in [5.41, 5.74) is -0.962. The molecule has 0 aromatic rings. The lowest BCUT2D eigenvalue weighted by Crippen LogP contribution is -2.54. The number of nitrogens with one attached hydrogen (secondary N) is 1. The molecule has 0 aliphatic carbocycles. The second kappa shape index (κ2) is 10.1. The van der Waals surface area contributed by atoms with Crippen molar-refractivity contribution in [2.45, 2.75) is 71.6 Å². The molecule has 0 radical (unpaired) electrons. The van der Waals surface area contributed by atoms with Gasteiger partial charge in [-0.05, 0) is 34.1 Å². The van der Waals surface area contributed by atoms with Crippen LogP contribution in [0, 0.1) is 0 Å². The maximum atomic E-state index is 11.4. The lowest BCUT2D eigenvalue weighted by atomic mass is 9.94. The smallest absolute Gasteiger partial charge is 0.323 e. The molecule has 5 nitrogen and oxygen atoms in total. The van der Waals surface area contributed by atoms with Crippen LogP contribution in [0.3, 0.4) is 0 Å². The molecule has 2 N–H and O–H groups in total. The second-order valence-electron chi connectivity index (χ2n) is 5.79. The van der Waals surface area contributed by atoms with E-state index in [1.54, 1.807) is 6.92 Å². The van der Waals surface area contributed by atoms with Crippen LogP contribution < -0.4 is 5.32 Å². The summed E-state index contributed by atoms with van der Waals surface area (Å²) >= 11 is 0. The zero-order valence-electron chi connectivity index (χ0n) is 13.6. The Labute approximate surface area is 123 Å². The van der Waals surface area contributed by atoms with Crippen molar-refractivity contribution in [3.63, 3.8) is 0 Å². The number of rotatable bonds is 12. The Morgan fingerprint density at radius 2 is 1.90 bits per heavy atom. The van der Waals surface area contributed by atoms with Gasteiger partial charge in [-0.25, -0.2) is 0 Å². The molecule has 0 saturated carbocycles. The van der Waals surface area contributed by atoms with Crippen LogP contribution in [0.5, 0.6) is 0 Å². The third-order valence-corrected chi connectivity index (χ3v) is 3.05. The Hall–Kier alpha value is -0.650. The summed E-state index contributed by atoms with van der Waals surface area (Å²) in [4.78, 5) is 11.4. The zero-order chi connectivity index (χ0) is 15.6. The van der Waals surface area contributed by atoms with E-state index < -0.39 is 11.5 Å². The van der Waals surface area contributed by atoms with E-state index in [-0.39, 0.29) is 12.1 Å². The van der Waals surface area contributed by atoms with Gasteiger partial charge in [-0.1, -0.05) is 13.3 Å². The number of aliphatic carboxylic acids is 1.